The Kier molecular flexibility index (Phi) is 5.88. The van der Waals surface area contributed by atoms with E-state index in [-0.39, 0.29) is 4.90 Å². The number of carbonyl (C=O) groups excluding carboxylic acids is 1. The third-order valence-corrected chi connectivity index (χ3v) is 9.11. The molecule has 0 bridgehead atoms. The predicted octanol–water partition coefficient (Wildman–Crippen LogP) is 5.60. The molecule has 10 heteroatoms. The number of fused-ring (bicyclic) bond motifs is 2. The molecule has 2 heterocycles. The first-order valence-electron chi connectivity index (χ1n) is 10.1. The molecule has 5 rings (SSSR count). The topological polar surface area (TPSA) is 79.4 Å². The largest absolute Gasteiger partial charge is 0.298 e. The fourth-order valence-electron chi connectivity index (χ4n) is 3.76. The molecule has 33 heavy (non-hydrogen) atoms. The summed E-state index contributed by atoms with van der Waals surface area (Å²) < 4.78 is 28.5. The van der Waals surface area contributed by atoms with Gasteiger partial charge < -0.3 is 0 Å². The van der Waals surface area contributed by atoms with Crippen molar-refractivity contribution in [2.75, 3.05) is 11.9 Å². The van der Waals surface area contributed by atoms with E-state index in [9.17, 15) is 13.2 Å². The van der Waals surface area contributed by atoms with Gasteiger partial charge in [-0.15, -0.1) is 0 Å². The van der Waals surface area contributed by atoms with Gasteiger partial charge in [0.05, 0.1) is 19.6 Å². The van der Waals surface area contributed by atoms with Gasteiger partial charge in [0.2, 0.25) is 10.0 Å². The summed E-state index contributed by atoms with van der Waals surface area (Å²) >= 11 is 13.5. The molecule has 0 atom stereocenters. The first-order valence-corrected chi connectivity index (χ1v) is 13.1. The Morgan fingerprint density at radius 3 is 2.48 bits per heavy atom. The highest BCUT2D eigenvalue weighted by atomic mass is 35.5. The van der Waals surface area contributed by atoms with Gasteiger partial charge in [-0.3, -0.25) is 10.1 Å². The molecule has 1 N–H and O–H groups in total. The molecule has 1 amide bonds. The quantitative estimate of drug-likeness (QED) is 0.381. The van der Waals surface area contributed by atoms with Crippen molar-refractivity contribution in [3.8, 4) is 0 Å². The van der Waals surface area contributed by atoms with Crippen LogP contribution >= 0.6 is 34.5 Å². The van der Waals surface area contributed by atoms with Crippen LogP contribution in [-0.4, -0.2) is 30.2 Å². The monoisotopic (exact) mass is 517 g/mol. The molecule has 0 radical (unpaired) electrons. The first kappa shape index (κ1) is 22.3. The molecular formula is C23H17Cl2N3O3S2. The van der Waals surface area contributed by atoms with Crippen LogP contribution in [-0.2, 0) is 23.0 Å². The molecule has 3 aromatic carbocycles. The van der Waals surface area contributed by atoms with Gasteiger partial charge in [0.15, 0.2) is 5.13 Å². The summed E-state index contributed by atoms with van der Waals surface area (Å²) in [7, 11) is -3.67. The minimum atomic E-state index is -3.67. The summed E-state index contributed by atoms with van der Waals surface area (Å²) in [6, 6.07) is 17.2. The third kappa shape index (κ3) is 4.25. The van der Waals surface area contributed by atoms with Gasteiger partial charge in [-0.2, -0.15) is 4.31 Å². The number of anilines is 1. The molecule has 1 aromatic heterocycles. The van der Waals surface area contributed by atoms with E-state index in [1.165, 1.54) is 45.5 Å². The maximum atomic E-state index is 13.1. The van der Waals surface area contributed by atoms with Crippen molar-refractivity contribution in [1.82, 2.24) is 9.29 Å². The number of thiazole rings is 1. The van der Waals surface area contributed by atoms with E-state index in [0.29, 0.717) is 45.8 Å². The molecule has 0 unspecified atom stereocenters. The highest BCUT2D eigenvalue weighted by molar-refractivity contribution is 7.89. The van der Waals surface area contributed by atoms with Crippen LogP contribution in [0.2, 0.25) is 10.0 Å². The molecule has 1 aliphatic heterocycles. The number of carbonyl (C=O) groups is 1. The Balaban J connectivity index is 1.33. The Labute approximate surface area is 204 Å². The lowest BCUT2D eigenvalue weighted by atomic mass is 10.0. The van der Waals surface area contributed by atoms with Crippen LogP contribution in [0.1, 0.15) is 21.5 Å². The summed E-state index contributed by atoms with van der Waals surface area (Å²) in [5.41, 5.74) is 3.03. The lowest BCUT2D eigenvalue weighted by molar-refractivity contribution is 0.102. The number of hydrogen-bond acceptors (Lipinski definition) is 5. The average Bonchev–Trinajstić information content (AvgIpc) is 3.24. The Hall–Kier alpha value is -2.49. The number of hydrogen-bond donors (Lipinski definition) is 1. The van der Waals surface area contributed by atoms with Crippen molar-refractivity contribution in [2.24, 2.45) is 0 Å². The molecular weight excluding hydrogens is 501 g/mol. The molecule has 4 aromatic rings. The van der Waals surface area contributed by atoms with Gasteiger partial charge in [-0.1, -0.05) is 58.8 Å². The molecule has 0 aliphatic carbocycles. The normalized spacial score (nSPS) is 14.2. The van der Waals surface area contributed by atoms with Crippen molar-refractivity contribution in [3.05, 3.63) is 87.4 Å². The maximum Gasteiger partial charge on any atom is 0.257 e. The van der Waals surface area contributed by atoms with E-state index in [2.05, 4.69) is 10.3 Å². The smallest absolute Gasteiger partial charge is 0.257 e. The van der Waals surface area contributed by atoms with Gasteiger partial charge >= 0.3 is 0 Å². The van der Waals surface area contributed by atoms with Crippen LogP contribution in [0, 0.1) is 0 Å². The lowest BCUT2D eigenvalue weighted by Crippen LogP contribution is -2.35. The fourth-order valence-corrected chi connectivity index (χ4v) is 6.47. The second kappa shape index (κ2) is 8.70. The highest BCUT2D eigenvalue weighted by Gasteiger charge is 2.28. The van der Waals surface area contributed by atoms with Gasteiger partial charge in [0, 0.05) is 18.7 Å². The third-order valence-electron chi connectivity index (χ3n) is 5.52. The summed E-state index contributed by atoms with van der Waals surface area (Å²) in [5.74, 6) is -0.396. The van der Waals surface area contributed by atoms with Crippen molar-refractivity contribution in [2.45, 2.75) is 17.9 Å². The summed E-state index contributed by atoms with van der Waals surface area (Å²) in [5, 5.41) is 3.84. The van der Waals surface area contributed by atoms with Crippen LogP contribution in [0.5, 0.6) is 0 Å². The zero-order valence-electron chi connectivity index (χ0n) is 17.1. The molecule has 6 nitrogen and oxygen atoms in total. The van der Waals surface area contributed by atoms with E-state index in [1.807, 2.05) is 24.3 Å². The first-order chi connectivity index (χ1) is 15.8. The number of rotatable bonds is 4. The van der Waals surface area contributed by atoms with E-state index in [1.54, 1.807) is 12.1 Å². The lowest BCUT2D eigenvalue weighted by Gasteiger charge is -2.28. The van der Waals surface area contributed by atoms with E-state index in [0.717, 1.165) is 10.3 Å². The number of benzene rings is 3. The fraction of sp³-hybridized carbons (Fsp3) is 0.130. The highest BCUT2D eigenvalue weighted by Crippen LogP contribution is 2.35. The minimum Gasteiger partial charge on any atom is -0.298 e. The number of aromatic nitrogens is 1. The number of amides is 1. The van der Waals surface area contributed by atoms with Crippen LogP contribution in [0.4, 0.5) is 5.13 Å². The SMILES string of the molecule is O=C(Nc1nc2c(Cl)c(Cl)ccc2s1)c1ccc(S(=O)(=O)N2CCc3ccccc3C2)cc1. The molecule has 0 spiro atoms. The average molecular weight is 518 g/mol. The Bertz CT molecular complexity index is 1480. The standard InChI is InChI=1S/C23H17Cl2N3O3S2/c24-18-9-10-19-21(20(18)25)26-23(32-19)27-22(29)15-5-7-17(8-6-15)33(30,31)28-12-11-14-3-1-2-4-16(14)13-28/h1-10H,11-13H2,(H,26,27,29). The molecule has 1 aliphatic rings. The second-order valence-electron chi connectivity index (χ2n) is 7.56. The summed E-state index contributed by atoms with van der Waals surface area (Å²) in [6.45, 7) is 0.761. The zero-order valence-corrected chi connectivity index (χ0v) is 20.2. The number of sulfonamides is 1. The van der Waals surface area contributed by atoms with Crippen LogP contribution in [0.15, 0.2) is 65.6 Å². The number of nitrogens with one attached hydrogen (secondary N) is 1. The van der Waals surface area contributed by atoms with Crippen molar-refractivity contribution < 1.29 is 13.2 Å². The zero-order chi connectivity index (χ0) is 23.2. The Morgan fingerprint density at radius 2 is 1.73 bits per heavy atom. The predicted molar refractivity (Wildman–Crippen MR) is 132 cm³/mol. The van der Waals surface area contributed by atoms with Gasteiger partial charge in [-0.25, -0.2) is 13.4 Å². The molecule has 0 saturated carbocycles. The van der Waals surface area contributed by atoms with Crippen molar-refractivity contribution in [3.63, 3.8) is 0 Å². The maximum absolute atomic E-state index is 13.1. The van der Waals surface area contributed by atoms with Gasteiger partial charge in [-0.05, 0) is 53.9 Å². The Morgan fingerprint density at radius 1 is 1.00 bits per heavy atom. The van der Waals surface area contributed by atoms with Gasteiger partial charge in [0.1, 0.15) is 5.52 Å². The summed E-state index contributed by atoms with van der Waals surface area (Å²) in [6.07, 6.45) is 0.674. The van der Waals surface area contributed by atoms with Crippen LogP contribution < -0.4 is 5.32 Å². The van der Waals surface area contributed by atoms with E-state index in [4.69, 9.17) is 23.2 Å². The molecule has 0 fully saturated rings. The van der Waals surface area contributed by atoms with Crippen LogP contribution in [0.25, 0.3) is 10.2 Å². The van der Waals surface area contributed by atoms with E-state index >= 15 is 0 Å². The number of halogens is 2. The summed E-state index contributed by atoms with van der Waals surface area (Å²) in [4.78, 5) is 17.2. The second-order valence-corrected chi connectivity index (χ2v) is 11.3. The van der Waals surface area contributed by atoms with E-state index < -0.39 is 15.9 Å². The molecule has 168 valence electrons. The minimum absolute atomic E-state index is 0.153. The number of nitrogens with zero attached hydrogens (tertiary/aromatic N) is 2. The van der Waals surface area contributed by atoms with Crippen molar-refractivity contribution >= 4 is 65.8 Å². The van der Waals surface area contributed by atoms with Gasteiger partial charge in [0.25, 0.3) is 5.91 Å². The van der Waals surface area contributed by atoms with Crippen LogP contribution in [0.3, 0.4) is 0 Å². The molecule has 0 saturated heterocycles. The van der Waals surface area contributed by atoms with Crippen molar-refractivity contribution in [1.29, 1.82) is 0 Å².